The Bertz CT molecular complexity index is 362. The molecule has 17 heavy (non-hydrogen) atoms. The summed E-state index contributed by atoms with van der Waals surface area (Å²) in [4.78, 5) is 0. The Hall–Kier alpha value is -1.00. The molecule has 5 heteroatoms. The van der Waals surface area contributed by atoms with E-state index in [-0.39, 0.29) is 11.6 Å². The highest BCUT2D eigenvalue weighted by Gasteiger charge is 2.32. The van der Waals surface area contributed by atoms with Crippen molar-refractivity contribution in [3.63, 3.8) is 0 Å². The third kappa shape index (κ3) is 5.75. The van der Waals surface area contributed by atoms with Crippen LogP contribution in [0.4, 0.5) is 13.2 Å². The van der Waals surface area contributed by atoms with Gasteiger partial charge < -0.3 is 5.32 Å². The molecule has 1 nitrogen and oxygen atoms in total. The minimum atomic E-state index is -4.22. The predicted octanol–water partition coefficient (Wildman–Crippen LogP) is 4.02. The van der Waals surface area contributed by atoms with E-state index in [9.17, 15) is 13.2 Å². The molecule has 1 aromatic rings. The molecule has 1 N–H and O–H groups in total. The first kappa shape index (κ1) is 14.1. The first-order valence-corrected chi connectivity index (χ1v) is 5.44. The van der Waals surface area contributed by atoms with Gasteiger partial charge in [0.2, 0.25) is 0 Å². The molecular weight excluding hydrogens is 251 g/mol. The summed E-state index contributed by atoms with van der Waals surface area (Å²) in [5.74, 6) is 0. The minimum Gasteiger partial charge on any atom is -0.305 e. The summed E-state index contributed by atoms with van der Waals surface area (Å²) in [6.45, 7) is 3.59. The first-order valence-electron chi connectivity index (χ1n) is 5.07. The Labute approximate surface area is 103 Å². The fourth-order valence-electron chi connectivity index (χ4n) is 1.46. The summed E-state index contributed by atoms with van der Waals surface area (Å²) in [6.07, 6.45) is -5.15. The number of halogens is 4. The molecule has 0 aliphatic rings. The predicted molar refractivity (Wildman–Crippen MR) is 62.9 cm³/mol. The summed E-state index contributed by atoms with van der Waals surface area (Å²) >= 11 is 5.54. The Morgan fingerprint density at radius 3 is 2.35 bits per heavy atom. The van der Waals surface area contributed by atoms with Crippen molar-refractivity contribution in [1.82, 2.24) is 5.32 Å². The van der Waals surface area contributed by atoms with Crippen LogP contribution in [0, 0.1) is 0 Å². The molecule has 0 amide bonds. The van der Waals surface area contributed by atoms with Crippen molar-refractivity contribution in [3.05, 3.63) is 47.5 Å². The summed E-state index contributed by atoms with van der Waals surface area (Å²) in [5, 5.41) is 3.03. The lowest BCUT2D eigenvalue weighted by molar-refractivity contribution is -0.140. The molecule has 1 aromatic carbocycles. The lowest BCUT2D eigenvalue weighted by atomic mass is 10.0. The molecule has 0 aliphatic heterocycles. The first-order chi connectivity index (χ1) is 7.88. The Balaban J connectivity index is 2.75. The van der Waals surface area contributed by atoms with Gasteiger partial charge in [-0.05, 0) is 5.56 Å². The van der Waals surface area contributed by atoms with Gasteiger partial charge in [0.1, 0.15) is 0 Å². The fourth-order valence-corrected chi connectivity index (χ4v) is 1.54. The normalized spacial score (nSPS) is 13.4. The van der Waals surface area contributed by atoms with E-state index in [0.29, 0.717) is 5.56 Å². The second kappa shape index (κ2) is 6.07. The molecular formula is C12H13ClF3N. The highest BCUT2D eigenvalue weighted by molar-refractivity contribution is 6.29. The molecule has 0 aromatic heterocycles. The highest BCUT2D eigenvalue weighted by Crippen LogP contribution is 2.29. The van der Waals surface area contributed by atoms with Crippen LogP contribution in [0.25, 0.3) is 0 Å². The van der Waals surface area contributed by atoms with E-state index in [1.165, 1.54) is 0 Å². The standard InChI is InChI=1S/C12H13ClF3N/c1-9(13)8-17-11(7-12(14,15)16)10-5-3-2-4-6-10/h2-6,11,17H,1,7-8H2. The Morgan fingerprint density at radius 1 is 1.29 bits per heavy atom. The molecule has 94 valence electrons. The van der Waals surface area contributed by atoms with E-state index in [4.69, 9.17) is 11.6 Å². The van der Waals surface area contributed by atoms with Crippen molar-refractivity contribution in [2.75, 3.05) is 6.54 Å². The van der Waals surface area contributed by atoms with Crippen molar-refractivity contribution >= 4 is 11.6 Å². The maximum atomic E-state index is 12.4. The average Bonchev–Trinajstić information content (AvgIpc) is 2.24. The number of nitrogens with one attached hydrogen (secondary N) is 1. The zero-order valence-electron chi connectivity index (χ0n) is 9.10. The van der Waals surface area contributed by atoms with Gasteiger partial charge in [-0.3, -0.25) is 0 Å². The second-order valence-corrected chi connectivity index (χ2v) is 4.22. The van der Waals surface area contributed by atoms with E-state index < -0.39 is 18.6 Å². The number of hydrogen-bond donors (Lipinski definition) is 1. The van der Waals surface area contributed by atoms with Crippen LogP contribution < -0.4 is 5.32 Å². The molecule has 0 bridgehead atoms. The third-order valence-corrected chi connectivity index (χ3v) is 2.31. The molecule has 0 spiro atoms. The monoisotopic (exact) mass is 263 g/mol. The largest absolute Gasteiger partial charge is 0.390 e. The van der Waals surface area contributed by atoms with Crippen LogP contribution in [-0.4, -0.2) is 12.7 Å². The fraction of sp³-hybridized carbons (Fsp3) is 0.333. The number of benzene rings is 1. The Morgan fingerprint density at radius 2 is 1.88 bits per heavy atom. The molecule has 0 saturated heterocycles. The smallest absolute Gasteiger partial charge is 0.305 e. The van der Waals surface area contributed by atoms with Crippen LogP contribution >= 0.6 is 11.6 Å². The lowest BCUT2D eigenvalue weighted by Gasteiger charge is -2.20. The molecule has 1 atom stereocenters. The van der Waals surface area contributed by atoms with Crippen molar-refractivity contribution in [3.8, 4) is 0 Å². The van der Waals surface area contributed by atoms with Crippen molar-refractivity contribution in [2.24, 2.45) is 0 Å². The highest BCUT2D eigenvalue weighted by atomic mass is 35.5. The molecule has 0 radical (unpaired) electrons. The van der Waals surface area contributed by atoms with Crippen LogP contribution in [0.3, 0.4) is 0 Å². The van der Waals surface area contributed by atoms with E-state index in [2.05, 4.69) is 11.9 Å². The minimum absolute atomic E-state index is 0.150. The van der Waals surface area contributed by atoms with Gasteiger partial charge in [-0.1, -0.05) is 48.5 Å². The van der Waals surface area contributed by atoms with E-state index in [1.54, 1.807) is 30.3 Å². The van der Waals surface area contributed by atoms with Crippen LogP contribution in [0.1, 0.15) is 18.0 Å². The van der Waals surface area contributed by atoms with Crippen LogP contribution in [0.15, 0.2) is 41.9 Å². The van der Waals surface area contributed by atoms with Gasteiger partial charge in [0, 0.05) is 17.6 Å². The summed E-state index contributed by atoms with van der Waals surface area (Å²) in [6, 6.07) is 7.67. The van der Waals surface area contributed by atoms with Gasteiger partial charge in [0.15, 0.2) is 0 Å². The van der Waals surface area contributed by atoms with Crippen molar-refractivity contribution in [2.45, 2.75) is 18.6 Å². The zero-order valence-corrected chi connectivity index (χ0v) is 9.85. The summed E-state index contributed by atoms with van der Waals surface area (Å²) in [7, 11) is 0. The van der Waals surface area contributed by atoms with Gasteiger partial charge in [0.05, 0.1) is 6.42 Å². The maximum Gasteiger partial charge on any atom is 0.390 e. The van der Waals surface area contributed by atoms with Crippen LogP contribution in [0.5, 0.6) is 0 Å². The van der Waals surface area contributed by atoms with E-state index in [1.807, 2.05) is 0 Å². The number of rotatable bonds is 5. The van der Waals surface area contributed by atoms with Gasteiger partial charge in [0.25, 0.3) is 0 Å². The zero-order chi connectivity index (χ0) is 12.9. The van der Waals surface area contributed by atoms with Crippen molar-refractivity contribution in [1.29, 1.82) is 0 Å². The molecule has 0 saturated carbocycles. The lowest BCUT2D eigenvalue weighted by Crippen LogP contribution is -2.27. The van der Waals surface area contributed by atoms with Crippen LogP contribution in [-0.2, 0) is 0 Å². The third-order valence-electron chi connectivity index (χ3n) is 2.18. The number of alkyl halides is 3. The summed E-state index contributed by atoms with van der Waals surface area (Å²) < 4.78 is 37.3. The van der Waals surface area contributed by atoms with Crippen molar-refractivity contribution < 1.29 is 13.2 Å². The topological polar surface area (TPSA) is 12.0 Å². The van der Waals surface area contributed by atoms with Crippen LogP contribution in [0.2, 0.25) is 0 Å². The van der Waals surface area contributed by atoms with Gasteiger partial charge in [-0.15, -0.1) is 0 Å². The van der Waals surface area contributed by atoms with Gasteiger partial charge in [-0.2, -0.15) is 13.2 Å². The Kier molecular flexibility index (Phi) is 5.02. The second-order valence-electron chi connectivity index (χ2n) is 3.68. The molecule has 1 rings (SSSR count). The van der Waals surface area contributed by atoms with E-state index in [0.717, 1.165) is 0 Å². The van der Waals surface area contributed by atoms with Gasteiger partial charge >= 0.3 is 6.18 Å². The molecule has 0 aliphatic carbocycles. The quantitative estimate of drug-likeness (QED) is 0.846. The average molecular weight is 264 g/mol. The molecule has 0 fully saturated rings. The summed E-state index contributed by atoms with van der Waals surface area (Å²) in [5.41, 5.74) is 0.586. The maximum absolute atomic E-state index is 12.4. The van der Waals surface area contributed by atoms with E-state index >= 15 is 0 Å². The molecule has 0 heterocycles. The number of hydrogen-bond acceptors (Lipinski definition) is 1. The molecule has 1 unspecified atom stereocenters. The van der Waals surface area contributed by atoms with Gasteiger partial charge in [-0.25, -0.2) is 0 Å². The SMILES string of the molecule is C=C(Cl)CNC(CC(F)(F)F)c1ccccc1.